The Balaban J connectivity index is 2.77. The average molecular weight is 259 g/mol. The SMILES string of the molecule is CSCC(C)N(C)C(=O)c1cc(Cl)ccn1. The molecule has 0 spiro atoms. The summed E-state index contributed by atoms with van der Waals surface area (Å²) in [6.45, 7) is 2.01. The first-order chi connectivity index (χ1) is 7.56. The highest BCUT2D eigenvalue weighted by atomic mass is 35.5. The van der Waals surface area contributed by atoms with E-state index in [1.165, 1.54) is 0 Å². The van der Waals surface area contributed by atoms with Crippen molar-refractivity contribution in [3.63, 3.8) is 0 Å². The molecule has 1 heterocycles. The molecule has 1 amide bonds. The highest BCUT2D eigenvalue weighted by Crippen LogP contribution is 2.12. The number of hydrogen-bond donors (Lipinski definition) is 0. The molecule has 1 aromatic heterocycles. The van der Waals surface area contributed by atoms with E-state index in [0.29, 0.717) is 10.7 Å². The molecular weight excluding hydrogens is 244 g/mol. The lowest BCUT2D eigenvalue weighted by Gasteiger charge is -2.23. The van der Waals surface area contributed by atoms with Crippen LogP contribution in [-0.4, -0.2) is 40.9 Å². The second kappa shape index (κ2) is 6.11. The minimum Gasteiger partial charge on any atom is -0.337 e. The van der Waals surface area contributed by atoms with Gasteiger partial charge in [-0.3, -0.25) is 9.78 Å². The van der Waals surface area contributed by atoms with Gasteiger partial charge in [-0.1, -0.05) is 11.6 Å². The molecule has 1 rings (SSSR count). The molecule has 0 saturated heterocycles. The summed E-state index contributed by atoms with van der Waals surface area (Å²) in [5, 5.41) is 0.532. The first-order valence-electron chi connectivity index (χ1n) is 4.94. The number of carbonyl (C=O) groups excluding carboxylic acids is 1. The Morgan fingerprint density at radius 3 is 2.94 bits per heavy atom. The van der Waals surface area contributed by atoms with Gasteiger partial charge in [0.2, 0.25) is 0 Å². The molecule has 0 saturated carbocycles. The average Bonchev–Trinajstić information content (AvgIpc) is 2.27. The summed E-state index contributed by atoms with van der Waals surface area (Å²) in [7, 11) is 1.78. The van der Waals surface area contributed by atoms with Crippen LogP contribution in [0.3, 0.4) is 0 Å². The number of nitrogens with zero attached hydrogens (tertiary/aromatic N) is 2. The maximum Gasteiger partial charge on any atom is 0.272 e. The van der Waals surface area contributed by atoms with E-state index >= 15 is 0 Å². The zero-order valence-electron chi connectivity index (χ0n) is 9.61. The van der Waals surface area contributed by atoms with E-state index in [2.05, 4.69) is 4.98 Å². The van der Waals surface area contributed by atoms with Crippen molar-refractivity contribution in [1.29, 1.82) is 0 Å². The molecule has 0 aromatic carbocycles. The number of pyridine rings is 1. The van der Waals surface area contributed by atoms with Gasteiger partial charge in [-0.25, -0.2) is 0 Å². The summed E-state index contributed by atoms with van der Waals surface area (Å²) in [4.78, 5) is 17.7. The van der Waals surface area contributed by atoms with Crippen LogP contribution in [0.15, 0.2) is 18.3 Å². The van der Waals surface area contributed by atoms with Gasteiger partial charge in [0.1, 0.15) is 5.69 Å². The lowest BCUT2D eigenvalue weighted by atomic mass is 10.2. The second-order valence-corrected chi connectivity index (χ2v) is 4.93. The highest BCUT2D eigenvalue weighted by molar-refractivity contribution is 7.98. The van der Waals surface area contributed by atoms with Crippen LogP contribution in [0.25, 0.3) is 0 Å². The molecule has 0 aliphatic carbocycles. The predicted molar refractivity (Wildman–Crippen MR) is 69.2 cm³/mol. The first-order valence-corrected chi connectivity index (χ1v) is 6.71. The van der Waals surface area contributed by atoms with E-state index in [1.54, 1.807) is 42.0 Å². The van der Waals surface area contributed by atoms with E-state index in [4.69, 9.17) is 11.6 Å². The topological polar surface area (TPSA) is 33.2 Å². The fourth-order valence-electron chi connectivity index (χ4n) is 1.26. The number of amides is 1. The molecule has 1 unspecified atom stereocenters. The molecule has 5 heteroatoms. The third-order valence-electron chi connectivity index (χ3n) is 2.33. The van der Waals surface area contributed by atoms with Crippen molar-refractivity contribution in [2.24, 2.45) is 0 Å². The van der Waals surface area contributed by atoms with Crippen LogP contribution in [-0.2, 0) is 0 Å². The lowest BCUT2D eigenvalue weighted by Crippen LogP contribution is -2.37. The van der Waals surface area contributed by atoms with Crippen LogP contribution >= 0.6 is 23.4 Å². The largest absolute Gasteiger partial charge is 0.337 e. The second-order valence-electron chi connectivity index (χ2n) is 3.58. The van der Waals surface area contributed by atoms with Gasteiger partial charge in [0.15, 0.2) is 0 Å². The molecule has 0 bridgehead atoms. The van der Waals surface area contributed by atoms with E-state index in [-0.39, 0.29) is 11.9 Å². The monoisotopic (exact) mass is 258 g/mol. The Kier molecular flexibility index (Phi) is 5.09. The van der Waals surface area contributed by atoms with Gasteiger partial charge < -0.3 is 4.90 Å². The molecule has 88 valence electrons. The summed E-state index contributed by atoms with van der Waals surface area (Å²) >= 11 is 7.53. The molecule has 0 fully saturated rings. The molecule has 0 aliphatic rings. The third kappa shape index (κ3) is 3.39. The zero-order valence-corrected chi connectivity index (χ0v) is 11.2. The standard InChI is InChI=1S/C11H15ClN2OS/c1-8(7-16-3)14(2)11(15)10-6-9(12)4-5-13-10/h4-6,8H,7H2,1-3H3. The van der Waals surface area contributed by atoms with Crippen LogP contribution < -0.4 is 0 Å². The van der Waals surface area contributed by atoms with E-state index in [9.17, 15) is 4.79 Å². The van der Waals surface area contributed by atoms with Crippen LogP contribution in [0.1, 0.15) is 17.4 Å². The molecule has 0 N–H and O–H groups in total. The van der Waals surface area contributed by atoms with Crippen LogP contribution in [0.2, 0.25) is 5.02 Å². The van der Waals surface area contributed by atoms with Crippen molar-refractivity contribution in [2.75, 3.05) is 19.1 Å². The lowest BCUT2D eigenvalue weighted by molar-refractivity contribution is 0.0751. The molecule has 1 atom stereocenters. The molecule has 3 nitrogen and oxygen atoms in total. The van der Waals surface area contributed by atoms with Crippen molar-refractivity contribution < 1.29 is 4.79 Å². The number of rotatable bonds is 4. The molecule has 1 aromatic rings. The maximum atomic E-state index is 12.0. The van der Waals surface area contributed by atoms with Gasteiger partial charge >= 0.3 is 0 Å². The van der Waals surface area contributed by atoms with Crippen molar-refractivity contribution in [3.05, 3.63) is 29.0 Å². The van der Waals surface area contributed by atoms with Gasteiger partial charge in [-0.05, 0) is 25.3 Å². The van der Waals surface area contributed by atoms with Crippen molar-refractivity contribution in [2.45, 2.75) is 13.0 Å². The quantitative estimate of drug-likeness (QED) is 0.832. The van der Waals surface area contributed by atoms with Gasteiger partial charge in [-0.2, -0.15) is 11.8 Å². The fourth-order valence-corrected chi connectivity index (χ4v) is 2.12. The first kappa shape index (κ1) is 13.3. The molecular formula is C11H15ClN2OS. The zero-order chi connectivity index (χ0) is 12.1. The van der Waals surface area contributed by atoms with Gasteiger partial charge in [0, 0.05) is 30.1 Å². The minimum absolute atomic E-state index is 0.0935. The van der Waals surface area contributed by atoms with E-state index in [1.807, 2.05) is 13.2 Å². The van der Waals surface area contributed by atoms with Crippen molar-refractivity contribution >= 4 is 29.3 Å². The predicted octanol–water partition coefficient (Wildman–Crippen LogP) is 2.56. The Hall–Kier alpha value is -0.740. The fraction of sp³-hybridized carbons (Fsp3) is 0.455. The van der Waals surface area contributed by atoms with Gasteiger partial charge in [0.05, 0.1) is 0 Å². The molecule has 0 radical (unpaired) electrons. The van der Waals surface area contributed by atoms with Crippen LogP contribution in [0.5, 0.6) is 0 Å². The summed E-state index contributed by atoms with van der Waals surface area (Å²) in [6, 6.07) is 3.43. The van der Waals surface area contributed by atoms with Gasteiger partial charge in [0.25, 0.3) is 5.91 Å². The maximum absolute atomic E-state index is 12.0. The Morgan fingerprint density at radius 2 is 2.38 bits per heavy atom. The summed E-state index contributed by atoms with van der Waals surface area (Å²) in [5.74, 6) is 0.812. The Bertz CT molecular complexity index is 373. The summed E-state index contributed by atoms with van der Waals surface area (Å²) in [5.41, 5.74) is 0.392. The number of aromatic nitrogens is 1. The van der Waals surface area contributed by atoms with Gasteiger partial charge in [-0.15, -0.1) is 0 Å². The van der Waals surface area contributed by atoms with Crippen LogP contribution in [0, 0.1) is 0 Å². The van der Waals surface area contributed by atoms with E-state index < -0.39 is 0 Å². The van der Waals surface area contributed by atoms with Crippen molar-refractivity contribution in [1.82, 2.24) is 9.88 Å². The minimum atomic E-state index is -0.0935. The van der Waals surface area contributed by atoms with Crippen LogP contribution in [0.4, 0.5) is 0 Å². The Morgan fingerprint density at radius 1 is 1.69 bits per heavy atom. The normalized spacial score (nSPS) is 12.2. The molecule has 0 aliphatic heterocycles. The number of hydrogen-bond acceptors (Lipinski definition) is 3. The number of thioether (sulfide) groups is 1. The van der Waals surface area contributed by atoms with E-state index in [0.717, 1.165) is 5.75 Å². The number of carbonyl (C=O) groups is 1. The smallest absolute Gasteiger partial charge is 0.272 e. The summed E-state index contributed by atoms with van der Waals surface area (Å²) in [6.07, 6.45) is 3.56. The number of halogens is 1. The molecule has 16 heavy (non-hydrogen) atoms. The van der Waals surface area contributed by atoms with Crippen molar-refractivity contribution in [3.8, 4) is 0 Å². The summed E-state index contributed by atoms with van der Waals surface area (Å²) < 4.78 is 0. The highest BCUT2D eigenvalue weighted by Gasteiger charge is 2.18. The third-order valence-corrected chi connectivity index (χ3v) is 3.38. The Labute approximate surface area is 105 Å².